The predicted molar refractivity (Wildman–Crippen MR) is 141 cm³/mol. The number of imidazole rings is 1. The van der Waals surface area contributed by atoms with E-state index >= 15 is 4.39 Å². The van der Waals surface area contributed by atoms with Gasteiger partial charge in [-0.25, -0.2) is 19.3 Å². The van der Waals surface area contributed by atoms with Gasteiger partial charge >= 0.3 is 0 Å². The van der Waals surface area contributed by atoms with E-state index in [0.717, 1.165) is 12.8 Å². The lowest BCUT2D eigenvalue weighted by Crippen LogP contribution is -2.56. The number of hydrogen-bond donors (Lipinski definition) is 3. The van der Waals surface area contributed by atoms with Crippen molar-refractivity contribution in [2.45, 2.75) is 43.9 Å². The predicted octanol–water partition coefficient (Wildman–Crippen LogP) is 1.27. The van der Waals surface area contributed by atoms with Gasteiger partial charge in [-0.05, 0) is 25.3 Å². The fourth-order valence-corrected chi connectivity index (χ4v) is 5.64. The highest BCUT2D eigenvalue weighted by molar-refractivity contribution is 6.33. The topological polar surface area (TPSA) is 140 Å². The summed E-state index contributed by atoms with van der Waals surface area (Å²) in [5, 5.41) is 3.31. The van der Waals surface area contributed by atoms with E-state index in [1.54, 1.807) is 6.33 Å². The number of rotatable bonds is 7. The van der Waals surface area contributed by atoms with Crippen molar-refractivity contribution >= 4 is 40.2 Å². The van der Waals surface area contributed by atoms with Crippen LogP contribution in [0, 0.1) is 5.82 Å². The highest BCUT2D eigenvalue weighted by atomic mass is 35.5. The van der Waals surface area contributed by atoms with Crippen LogP contribution in [0.25, 0.3) is 11.2 Å². The Kier molecular flexibility index (Phi) is 6.58. The zero-order valence-electron chi connectivity index (χ0n) is 21.0. The van der Waals surface area contributed by atoms with E-state index in [9.17, 15) is 4.79 Å². The molecule has 0 radical (unpaired) electrons. The van der Waals surface area contributed by atoms with E-state index in [4.69, 9.17) is 27.8 Å². The van der Waals surface area contributed by atoms with Crippen molar-refractivity contribution in [1.29, 1.82) is 0 Å². The Balaban J connectivity index is 1.40. The van der Waals surface area contributed by atoms with Crippen molar-refractivity contribution in [2.24, 2.45) is 5.73 Å². The third-order valence-electron chi connectivity index (χ3n) is 7.64. The third kappa shape index (κ3) is 4.77. The van der Waals surface area contributed by atoms with Gasteiger partial charge in [0.15, 0.2) is 11.5 Å². The molecular formula is C25H31ClFN9O2. The van der Waals surface area contributed by atoms with E-state index in [1.807, 2.05) is 9.47 Å². The Morgan fingerprint density at radius 2 is 1.97 bits per heavy atom. The Morgan fingerprint density at radius 3 is 2.74 bits per heavy atom. The molecule has 2 aromatic heterocycles. The zero-order valence-corrected chi connectivity index (χ0v) is 21.8. The number of nitrogens with zero attached hydrogens (tertiary/aromatic N) is 6. The van der Waals surface area contributed by atoms with Crippen LogP contribution in [0.2, 0.25) is 5.02 Å². The maximum Gasteiger partial charge on any atom is 0.242 e. The van der Waals surface area contributed by atoms with E-state index < -0.39 is 5.54 Å². The lowest BCUT2D eigenvalue weighted by atomic mass is 9.98. The first-order valence-electron chi connectivity index (χ1n) is 12.9. The van der Waals surface area contributed by atoms with Crippen LogP contribution >= 0.6 is 11.6 Å². The van der Waals surface area contributed by atoms with Crippen LogP contribution < -0.4 is 21.7 Å². The molecule has 0 unspecified atom stereocenters. The summed E-state index contributed by atoms with van der Waals surface area (Å²) in [6.07, 6.45) is 5.44. The summed E-state index contributed by atoms with van der Waals surface area (Å²) in [5.74, 6) is -0.263. The maximum atomic E-state index is 15.7. The minimum Gasteiger partial charge on any atom is -0.382 e. The summed E-state index contributed by atoms with van der Waals surface area (Å²) in [4.78, 5) is 29.9. The first-order valence-corrected chi connectivity index (χ1v) is 13.3. The van der Waals surface area contributed by atoms with Gasteiger partial charge in [0.1, 0.15) is 23.2 Å². The van der Waals surface area contributed by atoms with Crippen LogP contribution in [0.1, 0.15) is 30.4 Å². The first-order chi connectivity index (χ1) is 18.3. The molecule has 13 heteroatoms. The zero-order chi connectivity index (χ0) is 26.4. The van der Waals surface area contributed by atoms with Gasteiger partial charge in [-0.2, -0.15) is 0 Å². The Morgan fingerprint density at radius 1 is 1.18 bits per heavy atom. The molecule has 11 nitrogen and oxygen atoms in total. The first kappa shape index (κ1) is 25.2. The second kappa shape index (κ2) is 9.92. The number of amides is 1. The number of nitrogens with two attached hydrogens (primary N) is 2. The van der Waals surface area contributed by atoms with Crippen LogP contribution in [-0.4, -0.2) is 81.3 Å². The number of ether oxygens (including phenoxy) is 1. The molecule has 2 saturated heterocycles. The molecule has 1 aliphatic carbocycles. The van der Waals surface area contributed by atoms with Crippen molar-refractivity contribution in [3.8, 4) is 0 Å². The van der Waals surface area contributed by atoms with E-state index in [0.29, 0.717) is 73.8 Å². The molecule has 5 N–H and O–H groups in total. The largest absolute Gasteiger partial charge is 0.382 e. The Hall–Kier alpha value is -3.06. The van der Waals surface area contributed by atoms with Crippen LogP contribution in [0.4, 0.5) is 15.9 Å². The molecule has 3 aromatic rings. The average Bonchev–Trinajstić information content (AvgIpc) is 3.48. The van der Waals surface area contributed by atoms with Crippen LogP contribution in [0.15, 0.2) is 18.7 Å². The molecule has 38 heavy (non-hydrogen) atoms. The highest BCUT2D eigenvalue weighted by Gasteiger charge is 2.44. The molecule has 1 aromatic carbocycles. The van der Waals surface area contributed by atoms with Crippen LogP contribution in [-0.2, 0) is 22.6 Å². The number of morpholine rings is 1. The normalized spacial score (nSPS) is 22.3. The molecule has 0 bridgehead atoms. The molecular weight excluding hydrogens is 513 g/mol. The summed E-state index contributed by atoms with van der Waals surface area (Å²) in [6, 6.07) is 1.58. The molecule has 3 fully saturated rings. The van der Waals surface area contributed by atoms with Gasteiger partial charge < -0.3 is 31.0 Å². The maximum absolute atomic E-state index is 15.7. The SMILES string of the molecule is Nc1ncnc2c1ncn2Cc1c(CN2CCOCC2)c(F)cc(Cl)c1N1CC[C@](N)(C(=O)NC2CC2)C1. The number of benzene rings is 1. The number of hydrogen-bond acceptors (Lipinski definition) is 9. The third-order valence-corrected chi connectivity index (χ3v) is 7.93. The van der Waals surface area contributed by atoms with Crippen molar-refractivity contribution in [1.82, 2.24) is 29.7 Å². The van der Waals surface area contributed by atoms with Crippen molar-refractivity contribution in [3.63, 3.8) is 0 Å². The summed E-state index contributed by atoms with van der Waals surface area (Å²) in [7, 11) is 0. The van der Waals surface area contributed by atoms with Crippen molar-refractivity contribution in [2.75, 3.05) is 50.0 Å². The second-order valence-electron chi connectivity index (χ2n) is 10.4. The second-order valence-corrected chi connectivity index (χ2v) is 10.8. The fourth-order valence-electron chi connectivity index (χ4n) is 5.31. The van der Waals surface area contributed by atoms with Crippen LogP contribution in [0.5, 0.6) is 0 Å². The molecule has 1 atom stereocenters. The smallest absolute Gasteiger partial charge is 0.242 e. The Bertz CT molecular complexity index is 1370. The van der Waals surface area contributed by atoms with Gasteiger partial charge in [0, 0.05) is 49.9 Å². The summed E-state index contributed by atoms with van der Waals surface area (Å²) >= 11 is 6.75. The molecule has 1 saturated carbocycles. The Labute approximate surface area is 224 Å². The molecule has 2 aliphatic heterocycles. The monoisotopic (exact) mass is 543 g/mol. The lowest BCUT2D eigenvalue weighted by molar-refractivity contribution is -0.125. The summed E-state index contributed by atoms with van der Waals surface area (Å²) in [6.45, 7) is 4.03. The molecule has 4 heterocycles. The standard InChI is InChI=1S/C25H31ClFN9O2/c26-18-9-19(27)16(10-34-5-7-38-8-6-34)17(11-36-14-32-20-22(28)30-13-31-23(20)36)21(18)35-4-3-25(29,12-35)24(37)33-15-1-2-15/h9,13-15H,1-8,10-12,29H2,(H,33,37)(H2,28,30,31)/t25-/m1/s1. The van der Waals surface area contributed by atoms with E-state index in [1.165, 1.54) is 12.4 Å². The van der Waals surface area contributed by atoms with Gasteiger partial charge in [-0.15, -0.1) is 0 Å². The molecule has 6 rings (SSSR count). The quantitative estimate of drug-likeness (QED) is 0.401. The number of nitrogen functional groups attached to an aromatic ring is 1. The summed E-state index contributed by atoms with van der Waals surface area (Å²) in [5.41, 5.74) is 14.5. The number of nitrogens with one attached hydrogen (secondary N) is 1. The number of carbonyl (C=O) groups excluding carboxylic acids is 1. The van der Waals surface area contributed by atoms with Crippen LogP contribution in [0.3, 0.4) is 0 Å². The average molecular weight is 544 g/mol. The fraction of sp³-hybridized carbons (Fsp3) is 0.520. The van der Waals surface area contributed by atoms with Crippen molar-refractivity contribution in [3.05, 3.63) is 40.7 Å². The van der Waals surface area contributed by atoms with Gasteiger partial charge in [0.2, 0.25) is 5.91 Å². The molecule has 202 valence electrons. The van der Waals surface area contributed by atoms with E-state index in [-0.39, 0.29) is 41.7 Å². The minimum atomic E-state index is -1.05. The summed E-state index contributed by atoms with van der Waals surface area (Å²) < 4.78 is 23.0. The van der Waals surface area contributed by atoms with Gasteiger partial charge in [-0.3, -0.25) is 9.69 Å². The number of aromatic nitrogens is 4. The number of fused-ring (bicyclic) bond motifs is 1. The number of carbonyl (C=O) groups is 1. The van der Waals surface area contributed by atoms with Gasteiger partial charge in [0.25, 0.3) is 0 Å². The number of anilines is 2. The molecule has 1 amide bonds. The molecule has 3 aliphatic rings. The number of halogens is 2. The minimum absolute atomic E-state index is 0.149. The lowest BCUT2D eigenvalue weighted by Gasteiger charge is -2.31. The van der Waals surface area contributed by atoms with Gasteiger partial charge in [0.05, 0.1) is 36.8 Å². The van der Waals surface area contributed by atoms with Gasteiger partial charge in [-0.1, -0.05) is 11.6 Å². The van der Waals surface area contributed by atoms with E-state index in [2.05, 4.69) is 25.2 Å². The van der Waals surface area contributed by atoms with Crippen molar-refractivity contribution < 1.29 is 13.9 Å². The highest BCUT2D eigenvalue weighted by Crippen LogP contribution is 2.39. The molecule has 0 spiro atoms.